The average Bonchev–Trinajstić information content (AvgIpc) is 1.88. The summed E-state index contributed by atoms with van der Waals surface area (Å²) in [5.41, 5.74) is 0. The van der Waals surface area contributed by atoms with Crippen LogP contribution >= 0.6 is 9.90 Å². The molecule has 1 saturated heterocycles. The molecule has 6 N–H and O–H groups in total. The van der Waals surface area contributed by atoms with Crippen molar-refractivity contribution in [2.75, 3.05) is 26.2 Å². The van der Waals surface area contributed by atoms with Gasteiger partial charge in [-0.15, -0.1) is 0 Å². The SMILES string of the molecule is C1CNCCN1.O[Si](O)(O)O.P. The molecule has 1 aliphatic rings. The van der Waals surface area contributed by atoms with Crippen molar-refractivity contribution in [2.24, 2.45) is 0 Å². The number of rotatable bonds is 0. The summed E-state index contributed by atoms with van der Waals surface area (Å²) in [7, 11) is -4.61. The van der Waals surface area contributed by atoms with Crippen LogP contribution in [-0.2, 0) is 0 Å². The van der Waals surface area contributed by atoms with Crippen molar-refractivity contribution < 1.29 is 19.2 Å². The lowest BCUT2D eigenvalue weighted by Gasteiger charge is -2.11. The highest BCUT2D eigenvalue weighted by Crippen LogP contribution is 1.67. The summed E-state index contributed by atoms with van der Waals surface area (Å²) in [4.78, 5) is 29.3. The van der Waals surface area contributed by atoms with Crippen molar-refractivity contribution in [3.8, 4) is 0 Å². The van der Waals surface area contributed by atoms with E-state index in [1.54, 1.807) is 0 Å². The number of nitrogens with one attached hydrogen (secondary N) is 2. The maximum Gasteiger partial charge on any atom is 0.668 e. The maximum absolute atomic E-state index is 7.33. The second-order valence-electron chi connectivity index (χ2n) is 2.10. The monoisotopic (exact) mass is 216 g/mol. The highest BCUT2D eigenvalue weighted by Gasteiger charge is 2.22. The Morgan fingerprint density at radius 2 is 0.917 bits per heavy atom. The van der Waals surface area contributed by atoms with Gasteiger partial charge in [-0.05, 0) is 0 Å². The van der Waals surface area contributed by atoms with Crippen LogP contribution < -0.4 is 10.6 Å². The molecule has 1 heterocycles. The lowest BCUT2D eigenvalue weighted by Crippen LogP contribution is -2.39. The molecule has 8 heteroatoms. The topological polar surface area (TPSA) is 105 Å². The normalized spacial score (nSPS) is 17.0. The van der Waals surface area contributed by atoms with Crippen LogP contribution in [0.4, 0.5) is 0 Å². The lowest BCUT2D eigenvalue weighted by atomic mass is 10.4. The molecule has 0 aliphatic carbocycles. The molecule has 0 spiro atoms. The molecular weight excluding hydrogens is 199 g/mol. The molecule has 0 aromatic carbocycles. The Kier molecular flexibility index (Phi) is 9.97. The third kappa shape index (κ3) is 22.4. The Labute approximate surface area is 75.7 Å². The molecule has 0 aromatic rings. The fraction of sp³-hybridized carbons (Fsp3) is 1.00. The summed E-state index contributed by atoms with van der Waals surface area (Å²) in [5.74, 6) is 0. The fourth-order valence-corrected chi connectivity index (χ4v) is 0.604. The Morgan fingerprint density at radius 1 is 0.750 bits per heavy atom. The quantitative estimate of drug-likeness (QED) is 0.186. The van der Waals surface area contributed by atoms with Gasteiger partial charge in [0, 0.05) is 26.2 Å². The molecule has 0 amide bonds. The second-order valence-corrected chi connectivity index (χ2v) is 3.30. The average molecular weight is 216 g/mol. The smallest absolute Gasteiger partial charge is 0.368 e. The number of hydrogen-bond acceptors (Lipinski definition) is 6. The molecule has 1 unspecified atom stereocenters. The zero-order valence-corrected chi connectivity index (χ0v) is 9.24. The molecule has 76 valence electrons. The second kappa shape index (κ2) is 8.03. The zero-order chi connectivity index (χ0) is 8.74. The van der Waals surface area contributed by atoms with Crippen molar-refractivity contribution in [3.05, 3.63) is 0 Å². The van der Waals surface area contributed by atoms with E-state index in [1.165, 1.54) is 0 Å². The first-order valence-corrected chi connectivity index (χ1v) is 5.10. The largest absolute Gasteiger partial charge is 0.668 e. The highest BCUT2D eigenvalue weighted by molar-refractivity contribution is 6.92. The van der Waals surface area contributed by atoms with Gasteiger partial charge in [0.1, 0.15) is 0 Å². The minimum absolute atomic E-state index is 0. The lowest BCUT2D eigenvalue weighted by molar-refractivity contribution is 0.117. The Hall–Kier alpha value is 0.407. The van der Waals surface area contributed by atoms with Gasteiger partial charge in [-0.3, -0.25) is 0 Å². The molecule has 1 fully saturated rings. The van der Waals surface area contributed by atoms with E-state index in [1.807, 2.05) is 0 Å². The van der Waals surface area contributed by atoms with E-state index in [0.29, 0.717) is 0 Å². The van der Waals surface area contributed by atoms with Crippen LogP contribution in [0.1, 0.15) is 0 Å². The van der Waals surface area contributed by atoms with Crippen LogP contribution in [0.2, 0.25) is 0 Å². The van der Waals surface area contributed by atoms with E-state index < -0.39 is 9.05 Å². The summed E-state index contributed by atoms with van der Waals surface area (Å²) in [6.07, 6.45) is 0. The van der Waals surface area contributed by atoms with Gasteiger partial charge in [0.2, 0.25) is 0 Å². The van der Waals surface area contributed by atoms with Crippen LogP contribution in [0.5, 0.6) is 0 Å². The van der Waals surface area contributed by atoms with E-state index in [2.05, 4.69) is 10.6 Å². The fourth-order valence-electron chi connectivity index (χ4n) is 0.604. The van der Waals surface area contributed by atoms with Crippen LogP contribution in [0, 0.1) is 0 Å². The predicted octanol–water partition coefficient (Wildman–Crippen LogP) is -3.37. The maximum atomic E-state index is 7.33. The predicted molar refractivity (Wildman–Crippen MR) is 51.5 cm³/mol. The first-order valence-electron chi connectivity index (χ1n) is 3.31. The minimum Gasteiger partial charge on any atom is -0.368 e. The van der Waals surface area contributed by atoms with Crippen molar-refractivity contribution >= 4 is 18.9 Å². The van der Waals surface area contributed by atoms with Crippen molar-refractivity contribution in [2.45, 2.75) is 0 Å². The summed E-state index contributed by atoms with van der Waals surface area (Å²) in [6, 6.07) is 0. The van der Waals surface area contributed by atoms with Crippen LogP contribution in [-0.4, -0.2) is 54.4 Å². The molecule has 0 radical (unpaired) electrons. The summed E-state index contributed by atoms with van der Waals surface area (Å²) in [5, 5.41) is 6.44. The van der Waals surface area contributed by atoms with Crippen LogP contribution in [0.25, 0.3) is 0 Å². The molecule has 1 atom stereocenters. The Balaban J connectivity index is 0. The standard InChI is InChI=1S/C4H10N2.H4O4Si.H3P/c1-2-6-4-3-5-1;1-5(2,3)4;/h5-6H,1-4H2;1-4H;1H3. The van der Waals surface area contributed by atoms with Gasteiger partial charge in [-0.2, -0.15) is 9.90 Å². The first kappa shape index (κ1) is 14.9. The van der Waals surface area contributed by atoms with Gasteiger partial charge in [-0.1, -0.05) is 0 Å². The van der Waals surface area contributed by atoms with Gasteiger partial charge in [0.05, 0.1) is 0 Å². The van der Waals surface area contributed by atoms with E-state index in [0.717, 1.165) is 26.2 Å². The zero-order valence-electron chi connectivity index (χ0n) is 6.82. The Bertz CT molecular complexity index is 80.0. The minimum atomic E-state index is -4.61. The van der Waals surface area contributed by atoms with Crippen LogP contribution in [0.15, 0.2) is 0 Å². The summed E-state index contributed by atoms with van der Waals surface area (Å²) < 4.78 is 0. The molecular formula is C4H17N2O4PSi. The van der Waals surface area contributed by atoms with E-state index >= 15 is 0 Å². The van der Waals surface area contributed by atoms with Gasteiger partial charge in [-0.25, -0.2) is 0 Å². The van der Waals surface area contributed by atoms with Crippen molar-refractivity contribution in [3.63, 3.8) is 0 Å². The molecule has 6 nitrogen and oxygen atoms in total. The number of piperazine rings is 1. The Morgan fingerprint density at radius 3 is 1.00 bits per heavy atom. The van der Waals surface area contributed by atoms with E-state index in [9.17, 15) is 0 Å². The third-order valence-corrected chi connectivity index (χ3v) is 0.957. The molecule has 0 aromatic heterocycles. The third-order valence-electron chi connectivity index (χ3n) is 0.957. The summed E-state index contributed by atoms with van der Waals surface area (Å²) >= 11 is 0. The first-order chi connectivity index (χ1) is 5.00. The van der Waals surface area contributed by atoms with Gasteiger partial charge in [0.15, 0.2) is 0 Å². The van der Waals surface area contributed by atoms with Crippen molar-refractivity contribution in [1.82, 2.24) is 10.6 Å². The molecule has 12 heavy (non-hydrogen) atoms. The van der Waals surface area contributed by atoms with E-state index in [4.69, 9.17) is 19.2 Å². The van der Waals surface area contributed by atoms with E-state index in [-0.39, 0.29) is 9.90 Å². The number of hydrogen-bond donors (Lipinski definition) is 6. The summed E-state index contributed by atoms with van der Waals surface area (Å²) in [6.45, 7) is 4.56. The molecule has 1 aliphatic heterocycles. The van der Waals surface area contributed by atoms with Gasteiger partial charge >= 0.3 is 9.05 Å². The van der Waals surface area contributed by atoms with Gasteiger partial charge in [0.25, 0.3) is 0 Å². The highest BCUT2D eigenvalue weighted by atomic mass is 31.0. The molecule has 0 saturated carbocycles. The van der Waals surface area contributed by atoms with Crippen molar-refractivity contribution in [1.29, 1.82) is 0 Å². The van der Waals surface area contributed by atoms with Gasteiger partial charge < -0.3 is 29.8 Å². The van der Waals surface area contributed by atoms with Crippen LogP contribution in [0.3, 0.4) is 0 Å². The molecule has 1 rings (SSSR count). The molecule has 0 bridgehead atoms.